The quantitative estimate of drug-likeness (QED) is 0.694. The lowest BCUT2D eigenvalue weighted by Crippen LogP contribution is -2.11. The van der Waals surface area contributed by atoms with Gasteiger partial charge >= 0.3 is 0 Å². The molecule has 1 aromatic rings. The molecule has 1 unspecified atom stereocenters. The van der Waals surface area contributed by atoms with E-state index in [1.807, 2.05) is 24.4 Å². The normalized spacial score (nSPS) is 12.7. The zero-order valence-corrected chi connectivity index (χ0v) is 9.65. The molecular weight excluding hydrogens is 184 g/mol. The molecule has 1 aromatic heterocycles. The number of unbranched alkanes of at least 4 members (excludes halogenated alkanes) is 4. The first-order chi connectivity index (χ1) is 7.34. The molecule has 0 aromatic carbocycles. The second kappa shape index (κ2) is 7.41. The van der Waals surface area contributed by atoms with Crippen LogP contribution in [0.3, 0.4) is 0 Å². The molecule has 0 aliphatic carbocycles. The maximum Gasteiger partial charge on any atom is 0.0570 e. The van der Waals surface area contributed by atoms with Crippen LogP contribution < -0.4 is 5.73 Å². The lowest BCUT2D eigenvalue weighted by atomic mass is 10.0. The van der Waals surface area contributed by atoms with E-state index in [1.54, 1.807) is 0 Å². The fourth-order valence-corrected chi connectivity index (χ4v) is 1.71. The van der Waals surface area contributed by atoms with E-state index in [0.717, 1.165) is 12.1 Å². The highest BCUT2D eigenvalue weighted by atomic mass is 14.8. The van der Waals surface area contributed by atoms with Gasteiger partial charge in [0.05, 0.1) is 5.69 Å². The minimum atomic E-state index is 0.118. The molecule has 0 aliphatic heterocycles. The van der Waals surface area contributed by atoms with E-state index in [4.69, 9.17) is 5.73 Å². The van der Waals surface area contributed by atoms with Gasteiger partial charge in [0.1, 0.15) is 0 Å². The Bertz CT molecular complexity index is 246. The first kappa shape index (κ1) is 12.2. The molecule has 0 spiro atoms. The van der Waals surface area contributed by atoms with Gasteiger partial charge in [0.15, 0.2) is 0 Å². The van der Waals surface area contributed by atoms with Gasteiger partial charge in [-0.2, -0.15) is 0 Å². The summed E-state index contributed by atoms with van der Waals surface area (Å²) in [6.45, 7) is 2.24. The third-order valence-corrected chi connectivity index (χ3v) is 2.69. The van der Waals surface area contributed by atoms with Crippen LogP contribution in [0, 0.1) is 0 Å². The summed E-state index contributed by atoms with van der Waals surface area (Å²) in [6, 6.07) is 6.06. The number of rotatable bonds is 7. The summed E-state index contributed by atoms with van der Waals surface area (Å²) < 4.78 is 0. The number of aromatic nitrogens is 1. The molecule has 1 heterocycles. The lowest BCUT2D eigenvalue weighted by Gasteiger charge is -2.10. The SMILES string of the molecule is CCCCCCCC(N)c1ccccn1. The van der Waals surface area contributed by atoms with Crippen molar-refractivity contribution in [3.8, 4) is 0 Å². The van der Waals surface area contributed by atoms with E-state index in [9.17, 15) is 0 Å². The standard InChI is InChI=1S/C13H22N2/c1-2-3-4-5-6-9-12(14)13-10-7-8-11-15-13/h7-8,10-12H,2-6,9,14H2,1H3. The molecule has 0 radical (unpaired) electrons. The molecule has 2 nitrogen and oxygen atoms in total. The van der Waals surface area contributed by atoms with E-state index in [2.05, 4.69) is 11.9 Å². The van der Waals surface area contributed by atoms with Crippen molar-refractivity contribution in [1.82, 2.24) is 4.98 Å². The number of hydrogen-bond donors (Lipinski definition) is 1. The molecule has 1 atom stereocenters. The van der Waals surface area contributed by atoms with Crippen molar-refractivity contribution in [2.75, 3.05) is 0 Å². The summed E-state index contributed by atoms with van der Waals surface area (Å²) in [5, 5.41) is 0. The summed E-state index contributed by atoms with van der Waals surface area (Å²) in [5.41, 5.74) is 7.07. The van der Waals surface area contributed by atoms with E-state index in [1.165, 1.54) is 32.1 Å². The zero-order chi connectivity index (χ0) is 10.9. The van der Waals surface area contributed by atoms with Crippen molar-refractivity contribution in [2.24, 2.45) is 5.73 Å². The largest absolute Gasteiger partial charge is 0.323 e. The Morgan fingerprint density at radius 2 is 2.00 bits per heavy atom. The van der Waals surface area contributed by atoms with Crippen molar-refractivity contribution in [3.05, 3.63) is 30.1 Å². The zero-order valence-electron chi connectivity index (χ0n) is 9.65. The van der Waals surface area contributed by atoms with E-state index < -0.39 is 0 Å². The highest BCUT2D eigenvalue weighted by Crippen LogP contribution is 2.15. The fraction of sp³-hybridized carbons (Fsp3) is 0.615. The molecule has 0 amide bonds. The second-order valence-corrected chi connectivity index (χ2v) is 4.06. The van der Waals surface area contributed by atoms with Gasteiger partial charge in [0.25, 0.3) is 0 Å². The lowest BCUT2D eigenvalue weighted by molar-refractivity contribution is 0.548. The minimum Gasteiger partial charge on any atom is -0.323 e. The Morgan fingerprint density at radius 3 is 2.67 bits per heavy atom. The summed E-state index contributed by atoms with van der Waals surface area (Å²) in [4.78, 5) is 4.27. The van der Waals surface area contributed by atoms with Gasteiger partial charge in [-0.05, 0) is 18.6 Å². The third-order valence-electron chi connectivity index (χ3n) is 2.69. The van der Waals surface area contributed by atoms with Crippen LogP contribution in [0.15, 0.2) is 24.4 Å². The first-order valence-electron chi connectivity index (χ1n) is 6.01. The molecule has 15 heavy (non-hydrogen) atoms. The van der Waals surface area contributed by atoms with Crippen LogP contribution in [0.2, 0.25) is 0 Å². The molecule has 0 saturated carbocycles. The number of hydrogen-bond acceptors (Lipinski definition) is 2. The van der Waals surface area contributed by atoms with Crippen LogP contribution in [-0.4, -0.2) is 4.98 Å². The maximum atomic E-state index is 6.05. The van der Waals surface area contributed by atoms with Crippen LogP contribution in [0.25, 0.3) is 0 Å². The molecule has 1 rings (SSSR count). The fourth-order valence-electron chi connectivity index (χ4n) is 1.71. The molecule has 0 saturated heterocycles. The van der Waals surface area contributed by atoms with Gasteiger partial charge in [0.2, 0.25) is 0 Å². The number of nitrogens with zero attached hydrogens (tertiary/aromatic N) is 1. The van der Waals surface area contributed by atoms with E-state index >= 15 is 0 Å². The van der Waals surface area contributed by atoms with Gasteiger partial charge in [-0.15, -0.1) is 0 Å². The Balaban J connectivity index is 2.16. The van der Waals surface area contributed by atoms with Gasteiger partial charge in [-0.1, -0.05) is 45.1 Å². The van der Waals surface area contributed by atoms with Crippen molar-refractivity contribution >= 4 is 0 Å². The molecule has 0 bridgehead atoms. The Hall–Kier alpha value is -0.890. The third kappa shape index (κ3) is 4.93. The number of pyridine rings is 1. The predicted octanol–water partition coefficient (Wildman–Crippen LogP) is 3.44. The van der Waals surface area contributed by atoms with Crippen LogP contribution in [-0.2, 0) is 0 Å². The maximum absolute atomic E-state index is 6.05. The molecule has 0 aliphatic rings. The van der Waals surface area contributed by atoms with Crippen LogP contribution in [0.1, 0.15) is 57.2 Å². The Morgan fingerprint density at radius 1 is 1.20 bits per heavy atom. The van der Waals surface area contributed by atoms with E-state index in [0.29, 0.717) is 0 Å². The van der Waals surface area contributed by atoms with E-state index in [-0.39, 0.29) is 6.04 Å². The summed E-state index contributed by atoms with van der Waals surface area (Å²) in [6.07, 6.45) is 9.37. The Labute approximate surface area is 92.9 Å². The molecule has 2 heteroatoms. The van der Waals surface area contributed by atoms with Gasteiger partial charge < -0.3 is 5.73 Å². The van der Waals surface area contributed by atoms with Crippen molar-refractivity contribution < 1.29 is 0 Å². The van der Waals surface area contributed by atoms with Gasteiger partial charge in [-0.3, -0.25) is 4.98 Å². The Kier molecular flexibility index (Phi) is 6.02. The highest BCUT2D eigenvalue weighted by Gasteiger charge is 2.05. The topological polar surface area (TPSA) is 38.9 Å². The first-order valence-corrected chi connectivity index (χ1v) is 6.01. The predicted molar refractivity (Wildman–Crippen MR) is 64.5 cm³/mol. The van der Waals surface area contributed by atoms with Crippen molar-refractivity contribution in [2.45, 2.75) is 51.5 Å². The molecule has 84 valence electrons. The van der Waals surface area contributed by atoms with Gasteiger partial charge in [0, 0.05) is 12.2 Å². The summed E-state index contributed by atoms with van der Waals surface area (Å²) in [5.74, 6) is 0. The average molecular weight is 206 g/mol. The monoisotopic (exact) mass is 206 g/mol. The molecule has 0 fully saturated rings. The highest BCUT2D eigenvalue weighted by molar-refractivity contribution is 5.07. The van der Waals surface area contributed by atoms with Crippen LogP contribution >= 0.6 is 0 Å². The average Bonchev–Trinajstić information content (AvgIpc) is 2.30. The van der Waals surface area contributed by atoms with Crippen LogP contribution in [0.5, 0.6) is 0 Å². The van der Waals surface area contributed by atoms with Gasteiger partial charge in [-0.25, -0.2) is 0 Å². The minimum absolute atomic E-state index is 0.118. The van der Waals surface area contributed by atoms with Crippen molar-refractivity contribution in [3.63, 3.8) is 0 Å². The number of nitrogens with two attached hydrogens (primary N) is 1. The second-order valence-electron chi connectivity index (χ2n) is 4.06. The molecule has 2 N–H and O–H groups in total. The molecular formula is C13H22N2. The van der Waals surface area contributed by atoms with Crippen molar-refractivity contribution in [1.29, 1.82) is 0 Å². The summed E-state index contributed by atoms with van der Waals surface area (Å²) in [7, 11) is 0. The summed E-state index contributed by atoms with van der Waals surface area (Å²) >= 11 is 0. The van der Waals surface area contributed by atoms with Crippen LogP contribution in [0.4, 0.5) is 0 Å². The smallest absolute Gasteiger partial charge is 0.0570 e.